The Hall–Kier alpha value is -2.08. The van der Waals surface area contributed by atoms with Gasteiger partial charge in [-0.3, -0.25) is 4.90 Å². The molecule has 0 aliphatic heterocycles. The lowest BCUT2D eigenvalue weighted by Gasteiger charge is -2.28. The van der Waals surface area contributed by atoms with Gasteiger partial charge in [-0.1, -0.05) is 24.3 Å². The molecule has 1 aromatic rings. The van der Waals surface area contributed by atoms with E-state index in [1.165, 1.54) is 7.05 Å². The minimum absolute atomic E-state index is 0.208. The number of carboxylic acids is 1. The molecule has 0 aromatic heterocycles. The van der Waals surface area contributed by atoms with Crippen LogP contribution in [0.1, 0.15) is 38.8 Å². The van der Waals surface area contributed by atoms with Crippen LogP contribution in [0.5, 0.6) is 0 Å². The maximum Gasteiger partial charge on any atom is 0.410 e. The van der Waals surface area contributed by atoms with Gasteiger partial charge >= 0.3 is 12.1 Å². The third kappa shape index (κ3) is 6.58. The Balaban J connectivity index is 2.78. The van der Waals surface area contributed by atoms with Crippen molar-refractivity contribution in [1.82, 2.24) is 4.90 Å². The summed E-state index contributed by atoms with van der Waals surface area (Å²) in [6, 6.07) is 6.52. The summed E-state index contributed by atoms with van der Waals surface area (Å²) < 4.78 is 10.6. The second-order valence-corrected chi connectivity index (χ2v) is 6.60. The fourth-order valence-electron chi connectivity index (χ4n) is 2.07. The Kier molecular flexibility index (Phi) is 7.22. The number of rotatable bonds is 7. The number of benzene rings is 1. The first kappa shape index (κ1) is 20.0. The van der Waals surface area contributed by atoms with Gasteiger partial charge in [0, 0.05) is 20.1 Å². The third-order valence-electron chi connectivity index (χ3n) is 3.36. The number of carbonyl (C=O) groups is 2. The summed E-state index contributed by atoms with van der Waals surface area (Å²) in [5.41, 5.74) is 1.18. The zero-order valence-electron chi connectivity index (χ0n) is 15.0. The molecule has 6 heteroatoms. The molecule has 0 saturated carbocycles. The van der Waals surface area contributed by atoms with Gasteiger partial charge in [0.15, 0.2) is 0 Å². The molecule has 24 heavy (non-hydrogen) atoms. The minimum Gasteiger partial charge on any atom is -0.480 e. The van der Waals surface area contributed by atoms with Crippen LogP contribution in [0.2, 0.25) is 0 Å². The van der Waals surface area contributed by atoms with Crippen molar-refractivity contribution >= 4 is 12.1 Å². The number of hydrogen-bond donors (Lipinski definition) is 1. The predicted octanol–water partition coefficient (Wildman–Crippen LogP) is 3.09. The molecule has 1 amide bonds. The lowest BCUT2D eigenvalue weighted by molar-refractivity contribution is -0.142. The smallest absolute Gasteiger partial charge is 0.410 e. The number of likely N-dealkylation sites (N-methyl/N-ethyl adjacent to an activating group) is 1. The maximum absolute atomic E-state index is 12.1. The van der Waals surface area contributed by atoms with Crippen LogP contribution >= 0.6 is 0 Å². The van der Waals surface area contributed by atoms with Gasteiger partial charge in [0.25, 0.3) is 0 Å². The standard InChI is InChI=1S/C18H27NO5/c1-6-23-12-14-9-7-13(8-10-14)11-15(16(20)21)19(5)17(22)24-18(2,3)4/h7-10,15H,6,11-12H2,1-5H3,(H,20,21)/t15-/m0/s1. The van der Waals surface area contributed by atoms with Crippen LogP contribution in [0.25, 0.3) is 0 Å². The molecule has 1 rings (SSSR count). The fourth-order valence-corrected chi connectivity index (χ4v) is 2.07. The molecule has 1 atom stereocenters. The molecule has 134 valence electrons. The van der Waals surface area contributed by atoms with Gasteiger partial charge in [-0.15, -0.1) is 0 Å². The highest BCUT2D eigenvalue weighted by Crippen LogP contribution is 2.15. The zero-order valence-corrected chi connectivity index (χ0v) is 15.0. The van der Waals surface area contributed by atoms with E-state index in [4.69, 9.17) is 9.47 Å². The van der Waals surface area contributed by atoms with Gasteiger partial charge in [0.1, 0.15) is 11.6 Å². The monoisotopic (exact) mass is 337 g/mol. The van der Waals surface area contributed by atoms with Crippen LogP contribution in [-0.2, 0) is 27.3 Å². The first-order valence-electron chi connectivity index (χ1n) is 7.98. The molecule has 6 nitrogen and oxygen atoms in total. The Labute approximate surface area is 143 Å². The van der Waals surface area contributed by atoms with Crippen molar-refractivity contribution < 1.29 is 24.2 Å². The topological polar surface area (TPSA) is 76.1 Å². The van der Waals surface area contributed by atoms with E-state index in [0.717, 1.165) is 16.0 Å². The van der Waals surface area contributed by atoms with E-state index in [9.17, 15) is 14.7 Å². The molecule has 0 spiro atoms. The van der Waals surface area contributed by atoms with Crippen LogP contribution in [0.15, 0.2) is 24.3 Å². The van der Waals surface area contributed by atoms with Crippen molar-refractivity contribution in [3.63, 3.8) is 0 Å². The Morgan fingerprint density at radius 1 is 1.17 bits per heavy atom. The molecule has 1 aromatic carbocycles. The number of carbonyl (C=O) groups excluding carboxylic acids is 1. The van der Waals surface area contributed by atoms with E-state index in [2.05, 4.69) is 0 Å². The quantitative estimate of drug-likeness (QED) is 0.827. The first-order chi connectivity index (χ1) is 11.1. The highest BCUT2D eigenvalue weighted by atomic mass is 16.6. The molecule has 0 unspecified atom stereocenters. The molecular weight excluding hydrogens is 310 g/mol. The van der Waals surface area contributed by atoms with Crippen molar-refractivity contribution in [2.75, 3.05) is 13.7 Å². The predicted molar refractivity (Wildman–Crippen MR) is 90.9 cm³/mol. The maximum atomic E-state index is 12.1. The zero-order chi connectivity index (χ0) is 18.3. The van der Waals surface area contributed by atoms with Crippen LogP contribution in [0.3, 0.4) is 0 Å². The van der Waals surface area contributed by atoms with Gasteiger partial charge in [-0.2, -0.15) is 0 Å². The summed E-state index contributed by atoms with van der Waals surface area (Å²) in [4.78, 5) is 24.8. The van der Waals surface area contributed by atoms with E-state index in [1.54, 1.807) is 20.8 Å². The normalized spacial score (nSPS) is 12.5. The molecule has 0 saturated heterocycles. The highest BCUT2D eigenvalue weighted by molar-refractivity contribution is 5.80. The average Bonchev–Trinajstić information content (AvgIpc) is 2.49. The molecule has 0 aliphatic rings. The number of hydrogen-bond acceptors (Lipinski definition) is 4. The summed E-state index contributed by atoms with van der Waals surface area (Å²) in [5.74, 6) is -1.07. The van der Waals surface area contributed by atoms with Gasteiger partial charge in [0.05, 0.1) is 6.61 Å². The first-order valence-corrected chi connectivity index (χ1v) is 7.98. The molecule has 0 aliphatic carbocycles. The SMILES string of the molecule is CCOCc1ccc(C[C@@H](C(=O)O)N(C)C(=O)OC(C)(C)C)cc1. The van der Waals surface area contributed by atoms with Crippen LogP contribution < -0.4 is 0 Å². The van der Waals surface area contributed by atoms with E-state index in [-0.39, 0.29) is 6.42 Å². The fraction of sp³-hybridized carbons (Fsp3) is 0.556. The Bertz CT molecular complexity index is 548. The van der Waals surface area contributed by atoms with Crippen molar-refractivity contribution in [2.24, 2.45) is 0 Å². The molecule has 1 N–H and O–H groups in total. The number of ether oxygens (including phenoxy) is 2. The number of carboxylic acid groups (broad SMARTS) is 1. The average molecular weight is 337 g/mol. The second-order valence-electron chi connectivity index (χ2n) is 6.60. The van der Waals surface area contributed by atoms with Gasteiger partial charge < -0.3 is 14.6 Å². The molecule has 0 radical (unpaired) electrons. The summed E-state index contributed by atoms with van der Waals surface area (Å²) in [6.45, 7) is 8.32. The lowest BCUT2D eigenvalue weighted by Crippen LogP contribution is -2.46. The Morgan fingerprint density at radius 2 is 1.71 bits per heavy atom. The number of amides is 1. The van der Waals surface area contributed by atoms with Gasteiger partial charge in [0.2, 0.25) is 0 Å². The lowest BCUT2D eigenvalue weighted by atomic mass is 10.0. The molecular formula is C18H27NO5. The van der Waals surface area contributed by atoms with Crippen molar-refractivity contribution in [3.8, 4) is 0 Å². The van der Waals surface area contributed by atoms with Crippen LogP contribution in [0.4, 0.5) is 4.79 Å². The van der Waals surface area contributed by atoms with Gasteiger partial charge in [-0.25, -0.2) is 9.59 Å². The third-order valence-corrected chi connectivity index (χ3v) is 3.36. The molecule has 0 bridgehead atoms. The van der Waals surface area contributed by atoms with E-state index < -0.39 is 23.7 Å². The molecule has 0 heterocycles. The van der Waals surface area contributed by atoms with E-state index in [0.29, 0.717) is 13.2 Å². The van der Waals surface area contributed by atoms with Crippen LogP contribution in [0, 0.1) is 0 Å². The summed E-state index contributed by atoms with van der Waals surface area (Å²) in [6.07, 6.45) is -0.442. The van der Waals surface area contributed by atoms with Crippen molar-refractivity contribution in [2.45, 2.75) is 52.4 Å². The minimum atomic E-state index is -1.07. The van der Waals surface area contributed by atoms with E-state index >= 15 is 0 Å². The van der Waals surface area contributed by atoms with Crippen molar-refractivity contribution in [1.29, 1.82) is 0 Å². The summed E-state index contributed by atoms with van der Waals surface area (Å²) in [7, 11) is 1.44. The summed E-state index contributed by atoms with van der Waals surface area (Å²) >= 11 is 0. The van der Waals surface area contributed by atoms with Gasteiger partial charge in [-0.05, 0) is 38.8 Å². The molecule has 0 fully saturated rings. The largest absolute Gasteiger partial charge is 0.480 e. The second kappa shape index (κ2) is 8.68. The Morgan fingerprint density at radius 3 is 2.17 bits per heavy atom. The number of aliphatic carboxylic acids is 1. The van der Waals surface area contributed by atoms with Crippen LogP contribution in [-0.4, -0.2) is 47.4 Å². The number of nitrogens with zero attached hydrogens (tertiary/aromatic N) is 1. The highest BCUT2D eigenvalue weighted by Gasteiger charge is 2.30. The van der Waals surface area contributed by atoms with E-state index in [1.807, 2.05) is 31.2 Å². The summed E-state index contributed by atoms with van der Waals surface area (Å²) in [5, 5.41) is 9.45. The van der Waals surface area contributed by atoms with Crippen molar-refractivity contribution in [3.05, 3.63) is 35.4 Å².